The van der Waals surface area contributed by atoms with E-state index in [2.05, 4.69) is 26.5 Å². The molecule has 0 unspecified atom stereocenters. The minimum Gasteiger partial charge on any atom is -0.273 e. The molecular formula is C22H24BrN3O3S. The number of sulfonamides is 1. The van der Waals surface area contributed by atoms with Crippen LogP contribution in [0.2, 0.25) is 0 Å². The fourth-order valence-corrected chi connectivity index (χ4v) is 4.99. The van der Waals surface area contributed by atoms with Gasteiger partial charge in [0.1, 0.15) is 0 Å². The maximum Gasteiger partial charge on any atom is 0.243 e. The van der Waals surface area contributed by atoms with E-state index in [1.54, 1.807) is 30.5 Å². The number of hydrazone groups is 1. The SMILES string of the molecule is CC(/C=N/NC(=O)C1CCN(S(=O)(=O)c2ccc(Br)cc2)CC1)=C\c1ccccc1. The highest BCUT2D eigenvalue weighted by Gasteiger charge is 2.32. The number of nitrogens with one attached hydrogen (secondary N) is 1. The number of carbonyl (C=O) groups is 1. The van der Waals surface area contributed by atoms with Crippen LogP contribution in [0.3, 0.4) is 0 Å². The molecule has 1 aliphatic rings. The minimum absolute atomic E-state index is 0.181. The van der Waals surface area contributed by atoms with Crippen molar-refractivity contribution >= 4 is 44.2 Å². The number of allylic oxidation sites excluding steroid dienone is 1. The van der Waals surface area contributed by atoms with Crippen LogP contribution in [0.5, 0.6) is 0 Å². The van der Waals surface area contributed by atoms with Crippen LogP contribution in [-0.2, 0) is 14.8 Å². The molecule has 1 fully saturated rings. The average Bonchev–Trinajstić information content (AvgIpc) is 2.75. The van der Waals surface area contributed by atoms with Gasteiger partial charge in [-0.15, -0.1) is 0 Å². The zero-order valence-electron chi connectivity index (χ0n) is 16.7. The molecule has 1 amide bonds. The second kappa shape index (κ2) is 10.1. The molecule has 0 aliphatic carbocycles. The average molecular weight is 490 g/mol. The van der Waals surface area contributed by atoms with Crippen molar-refractivity contribution in [1.82, 2.24) is 9.73 Å². The first-order valence-corrected chi connectivity index (χ1v) is 11.9. The van der Waals surface area contributed by atoms with Crippen molar-refractivity contribution in [3.63, 3.8) is 0 Å². The largest absolute Gasteiger partial charge is 0.273 e. The number of nitrogens with zero attached hydrogens (tertiary/aromatic N) is 2. The van der Waals surface area contributed by atoms with E-state index >= 15 is 0 Å². The van der Waals surface area contributed by atoms with Crippen molar-refractivity contribution in [1.29, 1.82) is 0 Å². The summed E-state index contributed by atoms with van der Waals surface area (Å²) in [5.41, 5.74) is 4.55. The summed E-state index contributed by atoms with van der Waals surface area (Å²) in [6.07, 6.45) is 4.52. The molecule has 0 bridgehead atoms. The van der Waals surface area contributed by atoms with Gasteiger partial charge in [0.15, 0.2) is 0 Å². The van der Waals surface area contributed by atoms with Crippen LogP contribution >= 0.6 is 15.9 Å². The second-order valence-electron chi connectivity index (χ2n) is 7.17. The van der Waals surface area contributed by atoms with E-state index in [0.29, 0.717) is 25.9 Å². The minimum atomic E-state index is -3.54. The second-order valence-corrected chi connectivity index (χ2v) is 10.0. The predicted octanol–water partition coefficient (Wildman–Crippen LogP) is 4.06. The van der Waals surface area contributed by atoms with Gasteiger partial charge in [-0.3, -0.25) is 4.79 Å². The van der Waals surface area contributed by atoms with Crippen molar-refractivity contribution in [2.45, 2.75) is 24.7 Å². The van der Waals surface area contributed by atoms with Gasteiger partial charge in [0.2, 0.25) is 15.9 Å². The highest BCUT2D eigenvalue weighted by atomic mass is 79.9. The van der Waals surface area contributed by atoms with Crippen LogP contribution < -0.4 is 5.43 Å². The van der Waals surface area contributed by atoms with Gasteiger partial charge in [-0.05, 0) is 55.2 Å². The van der Waals surface area contributed by atoms with Crippen molar-refractivity contribution in [2.75, 3.05) is 13.1 Å². The molecule has 1 saturated heterocycles. The van der Waals surface area contributed by atoms with Crippen LogP contribution in [0.4, 0.5) is 0 Å². The Bertz CT molecular complexity index is 1030. The number of hydrogen-bond acceptors (Lipinski definition) is 4. The van der Waals surface area contributed by atoms with Gasteiger partial charge in [-0.2, -0.15) is 9.41 Å². The Morgan fingerprint density at radius 3 is 2.37 bits per heavy atom. The lowest BCUT2D eigenvalue weighted by atomic mass is 9.98. The first kappa shape index (κ1) is 22.4. The zero-order valence-corrected chi connectivity index (χ0v) is 19.1. The lowest BCUT2D eigenvalue weighted by molar-refractivity contribution is -0.126. The molecule has 30 heavy (non-hydrogen) atoms. The normalized spacial score (nSPS) is 16.7. The summed E-state index contributed by atoms with van der Waals surface area (Å²) in [6, 6.07) is 16.4. The van der Waals surface area contributed by atoms with E-state index in [-0.39, 0.29) is 16.7 Å². The number of piperidine rings is 1. The number of hydrogen-bond donors (Lipinski definition) is 1. The summed E-state index contributed by atoms with van der Waals surface area (Å²) in [6.45, 7) is 2.54. The first-order valence-electron chi connectivity index (χ1n) is 9.68. The molecule has 3 rings (SSSR count). The molecule has 0 aromatic heterocycles. The van der Waals surface area contributed by atoms with Gasteiger partial charge in [-0.1, -0.05) is 52.3 Å². The summed E-state index contributed by atoms with van der Waals surface area (Å²) in [7, 11) is -3.54. The third-order valence-corrected chi connectivity index (χ3v) is 7.35. The first-order chi connectivity index (χ1) is 14.4. The maximum absolute atomic E-state index is 12.8. The molecule has 2 aromatic carbocycles. The smallest absolute Gasteiger partial charge is 0.243 e. The molecule has 6 nitrogen and oxygen atoms in total. The third kappa shape index (κ3) is 5.87. The number of amides is 1. The standard InChI is InChI=1S/C22H24BrN3O3S/c1-17(15-18-5-3-2-4-6-18)16-24-25-22(27)19-11-13-26(14-12-19)30(28,29)21-9-7-20(23)8-10-21/h2-10,15-16,19H,11-14H2,1H3,(H,25,27)/b17-15+,24-16+. The van der Waals surface area contributed by atoms with Gasteiger partial charge in [-0.25, -0.2) is 13.8 Å². The quantitative estimate of drug-likeness (QED) is 0.490. The number of benzene rings is 2. The lowest BCUT2D eigenvalue weighted by Gasteiger charge is -2.30. The molecule has 8 heteroatoms. The summed E-state index contributed by atoms with van der Waals surface area (Å²) in [5.74, 6) is -0.434. The summed E-state index contributed by atoms with van der Waals surface area (Å²) in [5, 5.41) is 4.04. The van der Waals surface area contributed by atoms with Crippen LogP contribution in [0.25, 0.3) is 6.08 Å². The lowest BCUT2D eigenvalue weighted by Crippen LogP contribution is -2.42. The molecular weight excluding hydrogens is 466 g/mol. The molecule has 0 radical (unpaired) electrons. The van der Waals surface area contributed by atoms with E-state index in [1.165, 1.54) is 4.31 Å². The van der Waals surface area contributed by atoms with E-state index in [0.717, 1.165) is 15.6 Å². The van der Waals surface area contributed by atoms with Crippen molar-refractivity contribution in [3.05, 3.63) is 70.2 Å². The van der Waals surface area contributed by atoms with Gasteiger partial charge >= 0.3 is 0 Å². The molecule has 1 aliphatic heterocycles. The Balaban J connectivity index is 1.51. The summed E-state index contributed by atoms with van der Waals surface area (Å²) in [4.78, 5) is 12.6. The van der Waals surface area contributed by atoms with Crippen molar-refractivity contribution in [2.24, 2.45) is 11.0 Å². The maximum atomic E-state index is 12.8. The number of rotatable bonds is 6. The topological polar surface area (TPSA) is 78.8 Å². The van der Waals surface area contributed by atoms with Gasteiger partial charge in [0.25, 0.3) is 0 Å². The van der Waals surface area contributed by atoms with E-state index in [1.807, 2.05) is 43.3 Å². The molecule has 0 spiro atoms. The third-order valence-electron chi connectivity index (χ3n) is 4.91. The van der Waals surface area contributed by atoms with Crippen LogP contribution in [0.1, 0.15) is 25.3 Å². The highest BCUT2D eigenvalue weighted by Crippen LogP contribution is 2.25. The molecule has 158 valence electrons. The zero-order chi connectivity index (χ0) is 21.6. The monoisotopic (exact) mass is 489 g/mol. The van der Waals surface area contributed by atoms with Gasteiger partial charge in [0, 0.05) is 23.5 Å². The molecule has 1 N–H and O–H groups in total. The molecule has 0 saturated carbocycles. The van der Waals surface area contributed by atoms with Crippen LogP contribution in [0.15, 0.2) is 74.6 Å². The Hall–Kier alpha value is -2.29. The van der Waals surface area contributed by atoms with Gasteiger partial charge in [0.05, 0.1) is 11.1 Å². The fourth-order valence-electron chi connectivity index (χ4n) is 3.25. The Morgan fingerprint density at radius 1 is 1.10 bits per heavy atom. The van der Waals surface area contributed by atoms with Crippen molar-refractivity contribution < 1.29 is 13.2 Å². The Kier molecular flexibility index (Phi) is 7.58. The van der Waals surface area contributed by atoms with E-state index in [9.17, 15) is 13.2 Å². The van der Waals surface area contributed by atoms with Gasteiger partial charge < -0.3 is 0 Å². The molecule has 0 atom stereocenters. The predicted molar refractivity (Wildman–Crippen MR) is 122 cm³/mol. The van der Waals surface area contributed by atoms with E-state index in [4.69, 9.17) is 0 Å². The molecule has 1 heterocycles. The number of halogens is 1. The van der Waals surface area contributed by atoms with Crippen LogP contribution in [0, 0.1) is 5.92 Å². The van der Waals surface area contributed by atoms with E-state index < -0.39 is 10.0 Å². The summed E-state index contributed by atoms with van der Waals surface area (Å²) >= 11 is 3.31. The summed E-state index contributed by atoms with van der Waals surface area (Å²) < 4.78 is 27.8. The van der Waals surface area contributed by atoms with Crippen LogP contribution in [-0.4, -0.2) is 37.9 Å². The fraction of sp³-hybridized carbons (Fsp3) is 0.273. The Labute approximate surface area is 185 Å². The Morgan fingerprint density at radius 2 is 1.73 bits per heavy atom. The highest BCUT2D eigenvalue weighted by molar-refractivity contribution is 9.10. The number of carbonyl (C=O) groups excluding carboxylic acids is 1. The molecule has 2 aromatic rings. The van der Waals surface area contributed by atoms with Crippen molar-refractivity contribution in [3.8, 4) is 0 Å².